The van der Waals surface area contributed by atoms with Crippen molar-refractivity contribution in [3.05, 3.63) is 11.8 Å². The maximum absolute atomic E-state index is 12.7. The van der Waals surface area contributed by atoms with Gasteiger partial charge < -0.3 is 10.6 Å². The Morgan fingerprint density at radius 3 is 2.36 bits per heavy atom. The average molecular weight is 370 g/mol. The minimum absolute atomic E-state index is 0.0819. The van der Waals surface area contributed by atoms with Crippen LogP contribution in [-0.2, 0) is 21.5 Å². The molecule has 1 amide bonds. The van der Waals surface area contributed by atoms with E-state index in [9.17, 15) is 13.2 Å². The molecule has 10 heteroatoms. The number of nitrogen functional groups attached to an aromatic ring is 1. The van der Waals surface area contributed by atoms with Crippen molar-refractivity contribution in [2.24, 2.45) is 0 Å². The van der Waals surface area contributed by atoms with E-state index in [4.69, 9.17) is 5.73 Å². The molecule has 0 unspecified atom stereocenters. The van der Waals surface area contributed by atoms with Gasteiger partial charge in [0.05, 0.1) is 5.69 Å². The van der Waals surface area contributed by atoms with Crippen LogP contribution in [0.25, 0.3) is 0 Å². The van der Waals surface area contributed by atoms with E-state index in [-0.39, 0.29) is 12.5 Å². The van der Waals surface area contributed by atoms with Crippen LogP contribution in [0.1, 0.15) is 25.0 Å². The van der Waals surface area contributed by atoms with Gasteiger partial charge in [0, 0.05) is 45.3 Å². The van der Waals surface area contributed by atoms with Crippen molar-refractivity contribution >= 4 is 21.9 Å². The zero-order chi connectivity index (χ0) is 18.0. The first-order valence-corrected chi connectivity index (χ1v) is 10.1. The molecule has 2 N–H and O–H groups in total. The minimum atomic E-state index is -3.41. The number of nitrogens with two attached hydrogens (primary N) is 1. The number of rotatable bonds is 4. The zero-order valence-electron chi connectivity index (χ0n) is 14.6. The molecule has 0 aromatic carbocycles. The van der Waals surface area contributed by atoms with Gasteiger partial charge in [-0.05, 0) is 26.2 Å². The molecule has 3 heterocycles. The molecule has 2 saturated heterocycles. The fraction of sp³-hybridized carbons (Fsp3) is 0.733. The van der Waals surface area contributed by atoms with Gasteiger partial charge in [0.2, 0.25) is 5.91 Å². The van der Waals surface area contributed by atoms with E-state index >= 15 is 0 Å². The Kier molecular flexibility index (Phi) is 5.30. The second-order valence-electron chi connectivity index (χ2n) is 6.62. The predicted octanol–water partition coefficient (Wildman–Crippen LogP) is -0.351. The third-order valence-corrected chi connectivity index (χ3v) is 6.78. The molecule has 2 aliphatic rings. The monoisotopic (exact) mass is 370 g/mol. The number of carbonyl (C=O) groups is 1. The lowest BCUT2D eigenvalue weighted by Crippen LogP contribution is -2.44. The Balaban J connectivity index is 1.61. The van der Waals surface area contributed by atoms with Crippen LogP contribution in [0.15, 0.2) is 6.07 Å². The van der Waals surface area contributed by atoms with Crippen LogP contribution in [0.3, 0.4) is 0 Å². The van der Waals surface area contributed by atoms with E-state index < -0.39 is 10.2 Å². The highest BCUT2D eigenvalue weighted by Crippen LogP contribution is 2.18. The molecule has 9 nitrogen and oxygen atoms in total. The van der Waals surface area contributed by atoms with Crippen molar-refractivity contribution in [2.45, 2.75) is 32.7 Å². The van der Waals surface area contributed by atoms with Gasteiger partial charge in [-0.3, -0.25) is 4.79 Å². The maximum Gasteiger partial charge on any atom is 0.282 e. The van der Waals surface area contributed by atoms with Crippen molar-refractivity contribution in [3.8, 4) is 0 Å². The Bertz CT molecular complexity index is 726. The predicted molar refractivity (Wildman–Crippen MR) is 93.9 cm³/mol. The Morgan fingerprint density at radius 1 is 1.08 bits per heavy atom. The lowest BCUT2D eigenvalue weighted by atomic mass is 10.4. The fourth-order valence-corrected chi connectivity index (χ4v) is 5.09. The summed E-state index contributed by atoms with van der Waals surface area (Å²) in [6, 6.07) is 1.72. The highest BCUT2D eigenvalue weighted by Gasteiger charge is 2.33. The first-order valence-electron chi connectivity index (χ1n) is 8.71. The lowest BCUT2D eigenvalue weighted by molar-refractivity contribution is -0.131. The van der Waals surface area contributed by atoms with Gasteiger partial charge in [-0.2, -0.15) is 22.1 Å². The van der Waals surface area contributed by atoms with Gasteiger partial charge in [0.1, 0.15) is 12.4 Å². The van der Waals surface area contributed by atoms with Crippen LogP contribution in [0.4, 0.5) is 5.82 Å². The topological polar surface area (TPSA) is 105 Å². The number of nitrogens with zero attached hydrogens (tertiary/aromatic N) is 5. The van der Waals surface area contributed by atoms with Gasteiger partial charge in [-0.25, -0.2) is 4.68 Å². The summed E-state index contributed by atoms with van der Waals surface area (Å²) >= 11 is 0. The van der Waals surface area contributed by atoms with E-state index in [0.29, 0.717) is 51.5 Å². The summed E-state index contributed by atoms with van der Waals surface area (Å²) < 4.78 is 29.9. The van der Waals surface area contributed by atoms with Crippen molar-refractivity contribution < 1.29 is 13.2 Å². The van der Waals surface area contributed by atoms with Gasteiger partial charge in [0.25, 0.3) is 10.2 Å². The standard InChI is InChI=1S/C15H26N6O3S/c1-13-11-14(16)21(17-13)12-15(22)18-5-4-8-20(10-9-18)25(23,24)19-6-2-3-7-19/h11H,2-10,12,16H2,1H3. The Labute approximate surface area is 148 Å². The number of hydrogen-bond donors (Lipinski definition) is 1. The first kappa shape index (κ1) is 18.2. The number of anilines is 1. The zero-order valence-corrected chi connectivity index (χ0v) is 15.4. The highest BCUT2D eigenvalue weighted by atomic mass is 32.2. The second kappa shape index (κ2) is 7.30. The molecule has 2 fully saturated rings. The SMILES string of the molecule is Cc1cc(N)n(CC(=O)N2CCCN(S(=O)(=O)N3CCCC3)CC2)n1. The number of aromatic nitrogens is 2. The van der Waals surface area contributed by atoms with Crippen LogP contribution in [0.5, 0.6) is 0 Å². The third kappa shape index (κ3) is 3.96. The van der Waals surface area contributed by atoms with Crippen LogP contribution in [0.2, 0.25) is 0 Å². The van der Waals surface area contributed by atoms with Crippen molar-refractivity contribution in [1.29, 1.82) is 0 Å². The minimum Gasteiger partial charge on any atom is -0.384 e. The Morgan fingerprint density at radius 2 is 1.72 bits per heavy atom. The van der Waals surface area contributed by atoms with E-state index in [2.05, 4.69) is 5.10 Å². The quantitative estimate of drug-likeness (QED) is 0.780. The molecule has 3 rings (SSSR count). The molecule has 0 bridgehead atoms. The van der Waals surface area contributed by atoms with E-state index in [0.717, 1.165) is 18.5 Å². The van der Waals surface area contributed by atoms with Crippen LogP contribution < -0.4 is 5.73 Å². The molecule has 0 spiro atoms. The molecule has 0 radical (unpaired) electrons. The van der Waals surface area contributed by atoms with Gasteiger partial charge in [0.15, 0.2) is 0 Å². The average Bonchev–Trinajstić information content (AvgIpc) is 3.11. The van der Waals surface area contributed by atoms with Gasteiger partial charge >= 0.3 is 0 Å². The normalized spacial score (nSPS) is 20.8. The number of amides is 1. The molecule has 0 saturated carbocycles. The van der Waals surface area contributed by atoms with E-state index in [1.165, 1.54) is 8.99 Å². The molecular weight excluding hydrogens is 344 g/mol. The summed E-state index contributed by atoms with van der Waals surface area (Å²) in [4.78, 5) is 14.2. The summed E-state index contributed by atoms with van der Waals surface area (Å²) in [6.07, 6.45) is 2.47. The molecule has 1 aromatic heterocycles. The third-order valence-electron chi connectivity index (χ3n) is 4.74. The molecule has 140 valence electrons. The molecule has 0 atom stereocenters. The Hall–Kier alpha value is -1.65. The van der Waals surface area contributed by atoms with E-state index in [1.807, 2.05) is 6.92 Å². The lowest BCUT2D eigenvalue weighted by Gasteiger charge is -2.26. The van der Waals surface area contributed by atoms with Crippen molar-refractivity contribution in [1.82, 2.24) is 23.3 Å². The summed E-state index contributed by atoms with van der Waals surface area (Å²) in [5.41, 5.74) is 6.60. The van der Waals surface area contributed by atoms with Crippen molar-refractivity contribution in [2.75, 3.05) is 45.0 Å². The number of hydrogen-bond acceptors (Lipinski definition) is 5. The van der Waals surface area contributed by atoms with Crippen LogP contribution in [0, 0.1) is 6.92 Å². The molecule has 1 aromatic rings. The largest absolute Gasteiger partial charge is 0.384 e. The summed E-state index contributed by atoms with van der Waals surface area (Å²) in [6.45, 7) is 4.82. The van der Waals surface area contributed by atoms with Crippen LogP contribution >= 0.6 is 0 Å². The van der Waals surface area contributed by atoms with Gasteiger partial charge in [-0.1, -0.05) is 0 Å². The maximum atomic E-state index is 12.7. The van der Waals surface area contributed by atoms with Crippen LogP contribution in [-0.4, -0.2) is 76.9 Å². The smallest absolute Gasteiger partial charge is 0.282 e. The molecular formula is C15H26N6O3S. The fourth-order valence-electron chi connectivity index (χ4n) is 3.38. The van der Waals surface area contributed by atoms with Gasteiger partial charge in [-0.15, -0.1) is 0 Å². The molecule has 25 heavy (non-hydrogen) atoms. The first-order chi connectivity index (χ1) is 11.9. The molecule has 0 aliphatic carbocycles. The second-order valence-corrected chi connectivity index (χ2v) is 8.54. The summed E-state index contributed by atoms with van der Waals surface area (Å²) in [5, 5.41) is 4.21. The van der Waals surface area contributed by atoms with E-state index in [1.54, 1.807) is 15.3 Å². The highest BCUT2D eigenvalue weighted by molar-refractivity contribution is 7.86. The molecule has 2 aliphatic heterocycles. The summed E-state index contributed by atoms with van der Waals surface area (Å²) in [7, 11) is -3.41. The van der Waals surface area contributed by atoms with Crippen molar-refractivity contribution in [3.63, 3.8) is 0 Å². The summed E-state index contributed by atoms with van der Waals surface area (Å²) in [5.74, 6) is 0.370. The number of carbonyl (C=O) groups excluding carboxylic acids is 1. The number of aryl methyl sites for hydroxylation is 1.